The Morgan fingerprint density at radius 2 is 0.974 bits per heavy atom. The predicted molar refractivity (Wildman–Crippen MR) is 149 cm³/mol. The first-order valence-corrected chi connectivity index (χ1v) is 13.2. The zero-order chi connectivity index (χ0) is 27.3. The van der Waals surface area contributed by atoms with Gasteiger partial charge in [-0.1, -0.05) is 64.2 Å². The van der Waals surface area contributed by atoms with E-state index in [-0.39, 0.29) is 0 Å². The summed E-state index contributed by atoms with van der Waals surface area (Å²) in [5.41, 5.74) is 0.307. The van der Waals surface area contributed by atoms with E-state index in [2.05, 4.69) is 47.5 Å². The maximum atomic E-state index is 12.3. The van der Waals surface area contributed by atoms with Gasteiger partial charge < -0.3 is 0 Å². The molecule has 0 spiro atoms. The number of unbranched alkanes of at least 4 members (excludes halogenated alkanes) is 6. The van der Waals surface area contributed by atoms with Crippen molar-refractivity contribution in [1.82, 2.24) is 19.1 Å². The van der Waals surface area contributed by atoms with E-state index in [4.69, 9.17) is 0 Å². The standard InChI is InChI=1S/C30H34N4O4/c1-3-5-7-9-19-33-25(21-27(35)31-29(33)37)17-15-23-11-13-24(14-12-23)16-18-26-22-28(36)32-30(38)34(26)20-10-8-6-4-2/h11-14,21-22H,3-10,19-20H2,1-2H3,(H,31,35,37)(H,32,36,38). The molecule has 0 atom stereocenters. The Bertz CT molecular complexity index is 1460. The number of nitrogens with one attached hydrogen (secondary N) is 2. The second-order valence-corrected chi connectivity index (χ2v) is 9.15. The van der Waals surface area contributed by atoms with E-state index in [1.807, 2.05) is 0 Å². The smallest absolute Gasteiger partial charge is 0.286 e. The van der Waals surface area contributed by atoms with E-state index in [0.717, 1.165) is 51.4 Å². The summed E-state index contributed by atoms with van der Waals surface area (Å²) in [6.45, 7) is 5.24. The van der Waals surface area contributed by atoms with Gasteiger partial charge in [0.05, 0.1) is 0 Å². The summed E-state index contributed by atoms with van der Waals surface area (Å²) in [6, 6.07) is 9.87. The predicted octanol–water partition coefficient (Wildman–Crippen LogP) is 3.35. The molecule has 0 bridgehead atoms. The molecule has 1 aromatic carbocycles. The van der Waals surface area contributed by atoms with Crippen molar-refractivity contribution in [3.05, 3.63) is 101 Å². The first-order valence-electron chi connectivity index (χ1n) is 13.2. The largest absolute Gasteiger partial charge is 0.329 e. The fraction of sp³-hybridized carbons (Fsp3) is 0.400. The Labute approximate surface area is 221 Å². The van der Waals surface area contributed by atoms with Crippen LogP contribution in [0.5, 0.6) is 0 Å². The van der Waals surface area contributed by atoms with E-state index < -0.39 is 22.5 Å². The molecule has 0 aliphatic heterocycles. The number of benzene rings is 1. The summed E-state index contributed by atoms with van der Waals surface area (Å²) >= 11 is 0. The number of aromatic nitrogens is 4. The van der Waals surface area contributed by atoms with Crippen LogP contribution in [-0.2, 0) is 13.1 Å². The van der Waals surface area contributed by atoms with Crippen molar-refractivity contribution < 1.29 is 0 Å². The minimum atomic E-state index is -0.474. The Hall–Kier alpha value is -4.30. The topological polar surface area (TPSA) is 110 Å². The van der Waals surface area contributed by atoms with Crippen molar-refractivity contribution in [2.24, 2.45) is 0 Å². The zero-order valence-corrected chi connectivity index (χ0v) is 22.1. The SMILES string of the molecule is CCCCCCn1c(C#Cc2ccc(C#Cc3cc(=O)[nH]c(=O)n3CCCCCC)cc2)cc(=O)[nH]c1=O. The van der Waals surface area contributed by atoms with Crippen LogP contribution in [0.15, 0.2) is 55.6 Å². The highest BCUT2D eigenvalue weighted by atomic mass is 16.2. The van der Waals surface area contributed by atoms with Gasteiger partial charge in [-0.3, -0.25) is 28.7 Å². The molecule has 0 unspecified atom stereocenters. The van der Waals surface area contributed by atoms with E-state index in [9.17, 15) is 19.2 Å². The van der Waals surface area contributed by atoms with Gasteiger partial charge in [-0.2, -0.15) is 0 Å². The minimum absolute atomic E-state index is 0.380. The molecule has 2 heterocycles. The molecule has 0 aliphatic carbocycles. The second kappa shape index (κ2) is 14.4. The van der Waals surface area contributed by atoms with Gasteiger partial charge in [0.25, 0.3) is 11.1 Å². The summed E-state index contributed by atoms with van der Waals surface area (Å²) in [5.74, 6) is 11.9. The molecular weight excluding hydrogens is 480 g/mol. The lowest BCUT2D eigenvalue weighted by atomic mass is 10.1. The average Bonchev–Trinajstić information content (AvgIpc) is 2.89. The lowest BCUT2D eigenvalue weighted by Gasteiger charge is -2.07. The third-order valence-electron chi connectivity index (χ3n) is 6.09. The van der Waals surface area contributed by atoms with Crippen molar-refractivity contribution in [1.29, 1.82) is 0 Å². The molecule has 2 aromatic heterocycles. The molecule has 3 rings (SSSR count). The molecule has 0 saturated heterocycles. The molecule has 0 fully saturated rings. The van der Waals surface area contributed by atoms with Crippen molar-refractivity contribution >= 4 is 0 Å². The van der Waals surface area contributed by atoms with Gasteiger partial charge in [0, 0.05) is 36.3 Å². The van der Waals surface area contributed by atoms with Crippen molar-refractivity contribution in [3.63, 3.8) is 0 Å². The average molecular weight is 515 g/mol. The summed E-state index contributed by atoms with van der Waals surface area (Å²) in [4.78, 5) is 52.9. The van der Waals surface area contributed by atoms with Crippen LogP contribution in [0.3, 0.4) is 0 Å². The number of aromatic amines is 2. The van der Waals surface area contributed by atoms with E-state index in [1.165, 1.54) is 21.3 Å². The lowest BCUT2D eigenvalue weighted by molar-refractivity contribution is 0.556. The number of nitrogens with zero attached hydrogens (tertiary/aromatic N) is 2. The molecule has 0 aliphatic rings. The molecule has 38 heavy (non-hydrogen) atoms. The molecule has 198 valence electrons. The monoisotopic (exact) mass is 514 g/mol. The molecule has 0 radical (unpaired) electrons. The summed E-state index contributed by atoms with van der Waals surface area (Å²) in [6.07, 6.45) is 8.04. The number of rotatable bonds is 10. The Morgan fingerprint density at radius 3 is 1.34 bits per heavy atom. The third kappa shape index (κ3) is 8.38. The van der Waals surface area contributed by atoms with E-state index >= 15 is 0 Å². The Kier molecular flexibility index (Phi) is 10.7. The van der Waals surface area contributed by atoms with Crippen molar-refractivity contribution in [2.75, 3.05) is 0 Å². The van der Waals surface area contributed by atoms with Gasteiger partial charge in [-0.05, 0) is 48.9 Å². The third-order valence-corrected chi connectivity index (χ3v) is 6.09. The first-order chi connectivity index (χ1) is 18.4. The van der Waals surface area contributed by atoms with Gasteiger partial charge >= 0.3 is 11.4 Å². The maximum Gasteiger partial charge on any atom is 0.329 e. The van der Waals surface area contributed by atoms with E-state index in [0.29, 0.717) is 35.6 Å². The summed E-state index contributed by atoms with van der Waals surface area (Å²) in [5, 5.41) is 0. The number of hydrogen-bond donors (Lipinski definition) is 2. The normalized spacial score (nSPS) is 10.4. The van der Waals surface area contributed by atoms with Gasteiger partial charge in [-0.25, -0.2) is 9.59 Å². The Balaban J connectivity index is 1.80. The fourth-order valence-corrected chi connectivity index (χ4v) is 3.99. The highest BCUT2D eigenvalue weighted by molar-refractivity contribution is 5.46. The van der Waals surface area contributed by atoms with Crippen molar-refractivity contribution in [2.45, 2.75) is 78.3 Å². The first kappa shape index (κ1) is 28.3. The quantitative estimate of drug-likeness (QED) is 0.319. The van der Waals surface area contributed by atoms with Gasteiger partial charge in [0.15, 0.2) is 0 Å². The Morgan fingerprint density at radius 1 is 0.579 bits per heavy atom. The summed E-state index contributed by atoms with van der Waals surface area (Å²) in [7, 11) is 0. The van der Waals surface area contributed by atoms with Crippen LogP contribution in [0.2, 0.25) is 0 Å². The number of H-pyrrole nitrogens is 2. The van der Waals surface area contributed by atoms with E-state index in [1.54, 1.807) is 24.3 Å². The molecular formula is C30H34N4O4. The number of hydrogen-bond acceptors (Lipinski definition) is 4. The fourth-order valence-electron chi connectivity index (χ4n) is 3.99. The molecule has 0 amide bonds. The molecule has 8 heteroatoms. The minimum Gasteiger partial charge on any atom is -0.286 e. The van der Waals surface area contributed by atoms with Crippen LogP contribution < -0.4 is 22.5 Å². The molecule has 2 N–H and O–H groups in total. The zero-order valence-electron chi connectivity index (χ0n) is 22.1. The van der Waals surface area contributed by atoms with Crippen LogP contribution in [0.25, 0.3) is 0 Å². The van der Waals surface area contributed by atoms with Crippen LogP contribution in [-0.4, -0.2) is 19.1 Å². The van der Waals surface area contributed by atoms with Crippen LogP contribution in [0, 0.1) is 23.7 Å². The highest BCUT2D eigenvalue weighted by Gasteiger charge is 2.05. The van der Waals surface area contributed by atoms with Crippen LogP contribution in [0.1, 0.15) is 87.7 Å². The lowest BCUT2D eigenvalue weighted by Crippen LogP contribution is -2.31. The maximum absolute atomic E-state index is 12.3. The van der Waals surface area contributed by atoms with Crippen LogP contribution >= 0.6 is 0 Å². The second-order valence-electron chi connectivity index (χ2n) is 9.15. The van der Waals surface area contributed by atoms with Gasteiger partial charge in [0.2, 0.25) is 0 Å². The highest BCUT2D eigenvalue weighted by Crippen LogP contribution is 2.06. The molecule has 0 saturated carbocycles. The molecule has 3 aromatic rings. The van der Waals surface area contributed by atoms with Gasteiger partial charge in [-0.15, -0.1) is 0 Å². The summed E-state index contributed by atoms with van der Waals surface area (Å²) < 4.78 is 3.01. The van der Waals surface area contributed by atoms with Gasteiger partial charge in [0.1, 0.15) is 11.4 Å². The molecule has 8 nitrogen and oxygen atoms in total. The van der Waals surface area contributed by atoms with Crippen molar-refractivity contribution in [3.8, 4) is 23.7 Å². The van der Waals surface area contributed by atoms with Crippen LogP contribution in [0.4, 0.5) is 0 Å².